The van der Waals surface area contributed by atoms with E-state index >= 15 is 0 Å². The Bertz CT molecular complexity index is 558. The Labute approximate surface area is 110 Å². The lowest BCUT2D eigenvalue weighted by atomic mass is 10.1. The van der Waals surface area contributed by atoms with Crippen LogP contribution in [0.5, 0.6) is 0 Å². The molecule has 0 atom stereocenters. The minimum absolute atomic E-state index is 0.769. The number of hydrogen-bond donors (Lipinski definition) is 0. The third-order valence-corrected chi connectivity index (χ3v) is 2.85. The van der Waals surface area contributed by atoms with Gasteiger partial charge in [-0.3, -0.25) is 0 Å². The first-order chi connectivity index (χ1) is 8.22. The molecule has 0 N–H and O–H groups in total. The number of aromatic nitrogens is 1. The lowest BCUT2D eigenvalue weighted by Gasteiger charge is -2.07. The molecular weight excluding hydrogens is 274 g/mol. The van der Waals surface area contributed by atoms with Gasteiger partial charge in [0.2, 0.25) is 0 Å². The van der Waals surface area contributed by atoms with Gasteiger partial charge in [-0.25, -0.2) is 4.98 Å². The zero-order valence-corrected chi connectivity index (χ0v) is 10.9. The lowest BCUT2D eigenvalue weighted by Crippen LogP contribution is -1.92. The molecule has 0 aliphatic rings. The van der Waals surface area contributed by atoms with E-state index in [0.29, 0.717) is 0 Å². The van der Waals surface area contributed by atoms with Crippen molar-refractivity contribution in [3.63, 3.8) is 0 Å². The predicted octanol–water partition coefficient (Wildman–Crippen LogP) is 4.76. The van der Waals surface area contributed by atoms with Crippen LogP contribution < -0.4 is 0 Å². The zero-order valence-electron chi connectivity index (χ0n) is 9.36. The highest BCUT2D eigenvalue weighted by molar-refractivity contribution is 9.15. The molecule has 0 unspecified atom stereocenters. The smallest absolute Gasteiger partial charge is 0.0845 e. The number of nitrogens with zero attached hydrogens (tertiary/aromatic N) is 1. The highest BCUT2D eigenvalue weighted by atomic mass is 79.9. The summed E-state index contributed by atoms with van der Waals surface area (Å²) in [5, 5.41) is 0. The average Bonchev–Trinajstić information content (AvgIpc) is 2.39. The molecule has 0 saturated carbocycles. The fourth-order valence-electron chi connectivity index (χ4n) is 1.62. The van der Waals surface area contributed by atoms with Gasteiger partial charge >= 0.3 is 0 Å². The standard InChI is InChI=1S/C15H12BrN/c1-3-12-9-10-14(17-15(12)11(2)16)13-7-5-4-6-8-13/h3-10H,1-2H2. The molecule has 0 spiro atoms. The largest absolute Gasteiger partial charge is 0.247 e. The number of halogens is 1. The molecule has 0 saturated heterocycles. The molecule has 2 aromatic rings. The second-order valence-electron chi connectivity index (χ2n) is 3.61. The van der Waals surface area contributed by atoms with Gasteiger partial charge in [-0.05, 0) is 22.0 Å². The van der Waals surface area contributed by atoms with E-state index in [1.165, 1.54) is 0 Å². The van der Waals surface area contributed by atoms with E-state index in [1.54, 1.807) is 6.08 Å². The van der Waals surface area contributed by atoms with Crippen molar-refractivity contribution in [1.82, 2.24) is 4.98 Å². The summed E-state index contributed by atoms with van der Waals surface area (Å²) in [4.78, 5) is 4.60. The van der Waals surface area contributed by atoms with Crippen molar-refractivity contribution in [2.24, 2.45) is 0 Å². The zero-order chi connectivity index (χ0) is 12.3. The second kappa shape index (κ2) is 5.11. The van der Waals surface area contributed by atoms with Gasteiger partial charge < -0.3 is 0 Å². The summed E-state index contributed by atoms with van der Waals surface area (Å²) in [6.07, 6.45) is 1.78. The first-order valence-corrected chi connectivity index (χ1v) is 6.05. The van der Waals surface area contributed by atoms with E-state index < -0.39 is 0 Å². The number of hydrogen-bond acceptors (Lipinski definition) is 1. The fraction of sp³-hybridized carbons (Fsp3) is 0. The summed E-state index contributed by atoms with van der Waals surface area (Å²) in [6, 6.07) is 14.1. The summed E-state index contributed by atoms with van der Waals surface area (Å²) in [5.74, 6) is 0. The van der Waals surface area contributed by atoms with Crippen molar-refractivity contribution in [2.45, 2.75) is 0 Å². The maximum atomic E-state index is 4.60. The van der Waals surface area contributed by atoms with E-state index in [1.807, 2.05) is 42.5 Å². The average molecular weight is 286 g/mol. The number of benzene rings is 1. The summed E-state index contributed by atoms with van der Waals surface area (Å²) in [5.41, 5.74) is 3.85. The van der Waals surface area contributed by atoms with Crippen LogP contribution in [0.1, 0.15) is 11.3 Å². The Morgan fingerprint density at radius 2 is 1.82 bits per heavy atom. The Morgan fingerprint density at radius 1 is 1.12 bits per heavy atom. The molecule has 0 aliphatic carbocycles. The highest BCUT2D eigenvalue weighted by Gasteiger charge is 2.06. The topological polar surface area (TPSA) is 12.9 Å². The van der Waals surface area contributed by atoms with Crippen molar-refractivity contribution in [2.75, 3.05) is 0 Å². The van der Waals surface area contributed by atoms with Gasteiger partial charge in [0.1, 0.15) is 0 Å². The van der Waals surface area contributed by atoms with Crippen molar-refractivity contribution < 1.29 is 0 Å². The van der Waals surface area contributed by atoms with E-state index in [2.05, 4.69) is 34.1 Å². The van der Waals surface area contributed by atoms with Crippen LogP contribution in [-0.2, 0) is 0 Å². The van der Waals surface area contributed by atoms with E-state index in [9.17, 15) is 0 Å². The van der Waals surface area contributed by atoms with Gasteiger partial charge in [-0.2, -0.15) is 0 Å². The van der Waals surface area contributed by atoms with Gasteiger partial charge in [-0.15, -0.1) is 0 Å². The quantitative estimate of drug-likeness (QED) is 0.793. The van der Waals surface area contributed by atoms with E-state index in [4.69, 9.17) is 0 Å². The van der Waals surface area contributed by atoms with Crippen molar-refractivity contribution in [1.29, 1.82) is 0 Å². The number of pyridine rings is 1. The van der Waals surface area contributed by atoms with Crippen molar-refractivity contribution >= 4 is 26.5 Å². The highest BCUT2D eigenvalue weighted by Crippen LogP contribution is 2.25. The summed E-state index contributed by atoms with van der Waals surface area (Å²) in [6.45, 7) is 7.65. The van der Waals surface area contributed by atoms with Crippen LogP contribution in [0, 0.1) is 0 Å². The molecule has 1 heterocycles. The number of rotatable bonds is 3. The molecule has 0 bridgehead atoms. The summed E-state index contributed by atoms with van der Waals surface area (Å²) < 4.78 is 0.769. The molecule has 0 amide bonds. The fourth-order valence-corrected chi connectivity index (χ4v) is 1.94. The molecule has 1 aromatic carbocycles. The van der Waals surface area contributed by atoms with E-state index in [0.717, 1.165) is 27.0 Å². The molecule has 2 rings (SSSR count). The first-order valence-electron chi connectivity index (χ1n) is 5.26. The maximum absolute atomic E-state index is 4.60. The molecule has 0 aliphatic heterocycles. The Hall–Kier alpha value is -1.67. The SMILES string of the molecule is C=Cc1ccc(-c2ccccc2)nc1C(=C)Br. The van der Waals surface area contributed by atoms with Crippen molar-refractivity contribution in [3.8, 4) is 11.3 Å². The van der Waals surface area contributed by atoms with Crippen LogP contribution in [0.15, 0.2) is 55.6 Å². The minimum Gasteiger partial charge on any atom is -0.247 e. The third kappa shape index (κ3) is 2.53. The first kappa shape index (κ1) is 11.8. The van der Waals surface area contributed by atoms with Gasteiger partial charge in [0, 0.05) is 15.6 Å². The van der Waals surface area contributed by atoms with Crippen molar-refractivity contribution in [3.05, 3.63) is 66.9 Å². The normalized spacial score (nSPS) is 9.94. The van der Waals surface area contributed by atoms with Crippen LogP contribution in [-0.4, -0.2) is 4.98 Å². The molecule has 0 radical (unpaired) electrons. The van der Waals surface area contributed by atoms with Crippen LogP contribution >= 0.6 is 15.9 Å². The molecule has 1 nitrogen and oxygen atoms in total. The Morgan fingerprint density at radius 3 is 2.41 bits per heavy atom. The maximum Gasteiger partial charge on any atom is 0.0845 e. The predicted molar refractivity (Wildman–Crippen MR) is 77.7 cm³/mol. The van der Waals surface area contributed by atoms with Gasteiger partial charge in [0.25, 0.3) is 0 Å². The molecule has 1 aromatic heterocycles. The molecule has 17 heavy (non-hydrogen) atoms. The Kier molecular flexibility index (Phi) is 3.55. The Balaban J connectivity index is 2.55. The molecule has 0 fully saturated rings. The summed E-state index contributed by atoms with van der Waals surface area (Å²) >= 11 is 3.38. The lowest BCUT2D eigenvalue weighted by molar-refractivity contribution is 1.28. The molecule has 2 heteroatoms. The molecule has 84 valence electrons. The van der Waals surface area contributed by atoms with Gasteiger partial charge in [-0.1, -0.05) is 55.6 Å². The second-order valence-corrected chi connectivity index (χ2v) is 4.57. The van der Waals surface area contributed by atoms with Crippen LogP contribution in [0.4, 0.5) is 0 Å². The van der Waals surface area contributed by atoms with E-state index in [-0.39, 0.29) is 0 Å². The minimum atomic E-state index is 0.769. The van der Waals surface area contributed by atoms with Crippen LogP contribution in [0.3, 0.4) is 0 Å². The van der Waals surface area contributed by atoms with Gasteiger partial charge in [0.05, 0.1) is 11.4 Å². The summed E-state index contributed by atoms with van der Waals surface area (Å²) in [7, 11) is 0. The van der Waals surface area contributed by atoms with Crippen LogP contribution in [0.25, 0.3) is 21.8 Å². The molecular formula is C15H12BrN. The third-order valence-electron chi connectivity index (χ3n) is 2.47. The van der Waals surface area contributed by atoms with Crippen LogP contribution in [0.2, 0.25) is 0 Å². The van der Waals surface area contributed by atoms with Gasteiger partial charge in [0.15, 0.2) is 0 Å². The monoisotopic (exact) mass is 285 g/mol.